The highest BCUT2D eigenvalue weighted by Crippen LogP contribution is 2.55. The van der Waals surface area contributed by atoms with Crippen LogP contribution >= 0.6 is 0 Å². The third-order valence-corrected chi connectivity index (χ3v) is 13.0. The van der Waals surface area contributed by atoms with Gasteiger partial charge in [0.25, 0.3) is 0 Å². The molecule has 2 aliphatic carbocycles. The van der Waals surface area contributed by atoms with Crippen LogP contribution in [-0.4, -0.2) is 80.0 Å². The molecule has 2 fully saturated rings. The summed E-state index contributed by atoms with van der Waals surface area (Å²) in [6.07, 6.45) is 24.5. The van der Waals surface area contributed by atoms with Crippen molar-refractivity contribution in [3.05, 3.63) is 0 Å². The van der Waals surface area contributed by atoms with Gasteiger partial charge in [0.05, 0.1) is 6.04 Å². The van der Waals surface area contributed by atoms with E-state index in [2.05, 4.69) is 31.9 Å². The van der Waals surface area contributed by atoms with Gasteiger partial charge < -0.3 is 31.9 Å². The molecule has 61 heavy (non-hydrogen) atoms. The van der Waals surface area contributed by atoms with Crippen LogP contribution < -0.4 is 31.9 Å². The fourth-order valence-electron chi connectivity index (χ4n) is 10.0. The minimum atomic E-state index is -1.20. The lowest BCUT2D eigenvalue weighted by Gasteiger charge is -2.50. The van der Waals surface area contributed by atoms with Crippen LogP contribution in [-0.2, 0) is 33.6 Å². The number of amides is 6. The van der Waals surface area contributed by atoms with E-state index in [4.69, 9.17) is 0 Å². The predicted molar refractivity (Wildman–Crippen MR) is 242 cm³/mol. The average molecular weight is 859 g/mol. The van der Waals surface area contributed by atoms with E-state index in [-0.39, 0.29) is 92.6 Å². The fraction of sp³-hybridized carbons (Fsp3) is 0.854. The van der Waals surface area contributed by atoms with E-state index in [9.17, 15) is 33.6 Å². The summed E-state index contributed by atoms with van der Waals surface area (Å²) in [5.74, 6) is -1.64. The minimum Gasteiger partial charge on any atom is -0.356 e. The normalized spacial score (nSPS) is 24.8. The second kappa shape index (κ2) is 29.0. The molecule has 0 saturated heterocycles. The lowest BCUT2D eigenvalue weighted by molar-refractivity contribution is -0.155. The van der Waals surface area contributed by atoms with E-state index in [0.717, 1.165) is 38.5 Å². The number of hydrogen-bond donors (Lipinski definition) is 6. The van der Waals surface area contributed by atoms with Crippen molar-refractivity contribution in [1.82, 2.24) is 31.9 Å². The zero-order chi connectivity index (χ0) is 45.2. The van der Waals surface area contributed by atoms with E-state index < -0.39 is 22.3 Å². The van der Waals surface area contributed by atoms with Gasteiger partial charge in [0, 0.05) is 75.7 Å². The standard InChI is InChI=1S/C48H86N6O7/c1-37(55)49-29-25-24-28-41(42(58)40-26-22-20-18-16-14-12-10-8-7-9-11-13-15-17-19-21-23-27-40)54-45(61)48(6)35-46(4,43(59)52-32-30-50-38(2)56)34-47(5,36-48)44(60)53-33-31-51-39(3)57/h40-41H,7-36H2,1-6H3,(H,49,55)(H,50,56)(H,51,57)(H,52,59)(H,53,60)(H,54,61). The Hall–Kier alpha value is -3.51. The summed E-state index contributed by atoms with van der Waals surface area (Å²) in [7, 11) is 0. The topological polar surface area (TPSA) is 192 Å². The van der Waals surface area contributed by atoms with Crippen LogP contribution in [0.5, 0.6) is 0 Å². The minimum absolute atomic E-state index is 0.0615. The summed E-state index contributed by atoms with van der Waals surface area (Å²) in [5.41, 5.74) is -3.47. The highest BCUT2D eigenvalue weighted by Gasteiger charge is 2.57. The van der Waals surface area contributed by atoms with E-state index >= 15 is 0 Å². The van der Waals surface area contributed by atoms with E-state index in [0.29, 0.717) is 25.8 Å². The number of unbranched alkanes of at least 4 members (excludes halogenated alkanes) is 1. The number of ketones is 1. The Morgan fingerprint density at radius 2 is 0.738 bits per heavy atom. The Morgan fingerprint density at radius 1 is 0.426 bits per heavy atom. The third kappa shape index (κ3) is 21.4. The number of rotatable bonds is 17. The van der Waals surface area contributed by atoms with Gasteiger partial charge in [-0.25, -0.2) is 0 Å². The molecule has 3 atom stereocenters. The molecule has 0 bridgehead atoms. The van der Waals surface area contributed by atoms with Gasteiger partial charge in [-0.1, -0.05) is 130 Å². The maximum absolute atomic E-state index is 14.8. The van der Waals surface area contributed by atoms with Gasteiger partial charge in [0.1, 0.15) is 0 Å². The van der Waals surface area contributed by atoms with Crippen molar-refractivity contribution in [2.45, 2.75) is 208 Å². The highest BCUT2D eigenvalue weighted by molar-refractivity contribution is 5.94. The quantitative estimate of drug-likeness (QED) is 0.0841. The smallest absolute Gasteiger partial charge is 0.226 e. The first-order chi connectivity index (χ1) is 29.0. The summed E-state index contributed by atoms with van der Waals surface area (Å²) in [6, 6.07) is -0.741. The fourth-order valence-corrected chi connectivity index (χ4v) is 10.0. The second-order valence-electron chi connectivity index (χ2n) is 19.4. The van der Waals surface area contributed by atoms with Gasteiger partial charge >= 0.3 is 0 Å². The van der Waals surface area contributed by atoms with E-state index in [1.807, 2.05) is 0 Å². The molecule has 13 nitrogen and oxygen atoms in total. The van der Waals surface area contributed by atoms with Crippen molar-refractivity contribution in [2.75, 3.05) is 32.7 Å². The van der Waals surface area contributed by atoms with Gasteiger partial charge in [0.15, 0.2) is 5.78 Å². The number of carbonyl (C=O) groups excluding carboxylic acids is 7. The molecule has 2 aliphatic rings. The van der Waals surface area contributed by atoms with Gasteiger partial charge in [-0.3, -0.25) is 33.6 Å². The maximum atomic E-state index is 14.8. The number of nitrogens with one attached hydrogen (secondary N) is 6. The second-order valence-corrected chi connectivity index (χ2v) is 19.4. The van der Waals surface area contributed by atoms with E-state index in [1.54, 1.807) is 20.8 Å². The number of hydrogen-bond acceptors (Lipinski definition) is 7. The van der Waals surface area contributed by atoms with Crippen LogP contribution in [0.2, 0.25) is 0 Å². The first kappa shape index (κ1) is 53.6. The Balaban J connectivity index is 2.37. The monoisotopic (exact) mass is 859 g/mol. The molecular formula is C48H86N6O7. The zero-order valence-corrected chi connectivity index (χ0v) is 39.2. The molecule has 13 heteroatoms. The molecule has 0 radical (unpaired) electrons. The molecule has 6 N–H and O–H groups in total. The van der Waals surface area contributed by atoms with Crippen LogP contribution in [0.1, 0.15) is 202 Å². The van der Waals surface area contributed by atoms with Gasteiger partial charge in [-0.05, 0) is 51.4 Å². The largest absolute Gasteiger partial charge is 0.356 e. The molecule has 6 amide bonds. The summed E-state index contributed by atoms with van der Waals surface area (Å²) in [6.45, 7) is 11.0. The van der Waals surface area contributed by atoms with Crippen molar-refractivity contribution in [1.29, 1.82) is 0 Å². The van der Waals surface area contributed by atoms with Crippen LogP contribution in [0.15, 0.2) is 0 Å². The lowest BCUT2D eigenvalue weighted by Crippen LogP contribution is -2.59. The number of Topliss-reactive ketones (excluding diaryl/α,β-unsaturated/α-hetero) is 1. The summed E-state index contributed by atoms with van der Waals surface area (Å²) >= 11 is 0. The van der Waals surface area contributed by atoms with Crippen molar-refractivity contribution in [3.63, 3.8) is 0 Å². The molecule has 0 aliphatic heterocycles. The number of carbonyl (C=O) groups is 7. The molecule has 0 aromatic heterocycles. The Kier molecular flexibility index (Phi) is 25.5. The Labute approximate surface area is 368 Å². The highest BCUT2D eigenvalue weighted by atomic mass is 16.2. The molecule has 350 valence electrons. The van der Waals surface area contributed by atoms with E-state index in [1.165, 1.54) is 104 Å². The summed E-state index contributed by atoms with van der Waals surface area (Å²) < 4.78 is 0. The zero-order valence-electron chi connectivity index (χ0n) is 39.2. The van der Waals surface area contributed by atoms with Crippen LogP contribution in [0.25, 0.3) is 0 Å². The van der Waals surface area contributed by atoms with Crippen LogP contribution in [0, 0.1) is 22.2 Å². The van der Waals surface area contributed by atoms with Crippen LogP contribution in [0.4, 0.5) is 0 Å². The molecule has 2 saturated carbocycles. The van der Waals surface area contributed by atoms with Gasteiger partial charge in [-0.15, -0.1) is 0 Å². The van der Waals surface area contributed by atoms with Crippen molar-refractivity contribution < 1.29 is 33.6 Å². The van der Waals surface area contributed by atoms with Gasteiger partial charge in [0.2, 0.25) is 35.4 Å². The summed E-state index contributed by atoms with van der Waals surface area (Å²) in [4.78, 5) is 92.1. The van der Waals surface area contributed by atoms with Crippen molar-refractivity contribution in [2.24, 2.45) is 22.2 Å². The first-order valence-corrected chi connectivity index (χ1v) is 24.2. The van der Waals surface area contributed by atoms with Gasteiger partial charge in [-0.2, -0.15) is 0 Å². The summed E-state index contributed by atoms with van der Waals surface area (Å²) in [5, 5.41) is 17.3. The Bertz CT molecular complexity index is 1320. The SMILES string of the molecule is CC(=O)NCCCCC(NC(=O)C1(C)CC(C)(C(=O)NCCNC(C)=O)CC(C)(C(=O)NCCNC(C)=O)C1)C(=O)C1CCCCCCCCCCCCCCCCCCC1. The maximum Gasteiger partial charge on any atom is 0.226 e. The predicted octanol–water partition coefficient (Wildman–Crippen LogP) is 7.10. The van der Waals surface area contributed by atoms with Crippen molar-refractivity contribution >= 4 is 41.2 Å². The first-order valence-electron chi connectivity index (χ1n) is 24.2. The molecule has 0 heterocycles. The Morgan fingerprint density at radius 3 is 1.10 bits per heavy atom. The van der Waals surface area contributed by atoms with Crippen LogP contribution in [0.3, 0.4) is 0 Å². The average Bonchev–Trinajstić information content (AvgIpc) is 3.18. The van der Waals surface area contributed by atoms with Crippen molar-refractivity contribution in [3.8, 4) is 0 Å². The molecule has 3 unspecified atom stereocenters. The lowest BCUT2D eigenvalue weighted by atomic mass is 9.53. The molecule has 0 spiro atoms. The molecular weight excluding hydrogens is 773 g/mol. The molecule has 2 rings (SSSR count). The molecule has 0 aromatic rings. The molecule has 0 aromatic carbocycles. The third-order valence-electron chi connectivity index (χ3n) is 13.0.